The standard InChI is InChI=1S/C17H20N2O4S/c20-17(21)14-8-6-12(7-9-14)11-19-24(22,23)15-5-1-3-13-4-2-10-18-16(13)15/h1-5,10,12,14,19H,6-9,11H2,(H,20,21). The Bertz CT molecular complexity index is 837. The molecule has 0 radical (unpaired) electrons. The average Bonchev–Trinajstić information content (AvgIpc) is 2.60. The topological polar surface area (TPSA) is 96.4 Å². The number of rotatable bonds is 5. The molecule has 0 bridgehead atoms. The number of benzene rings is 1. The van der Waals surface area contributed by atoms with Crippen molar-refractivity contribution in [2.45, 2.75) is 30.6 Å². The molecule has 3 rings (SSSR count). The number of carboxylic acid groups (broad SMARTS) is 1. The average molecular weight is 348 g/mol. The molecule has 1 heterocycles. The van der Waals surface area contributed by atoms with Crippen molar-refractivity contribution in [3.63, 3.8) is 0 Å². The molecule has 6 nitrogen and oxygen atoms in total. The Morgan fingerprint density at radius 1 is 1.17 bits per heavy atom. The van der Waals surface area contributed by atoms with E-state index in [1.165, 1.54) is 0 Å². The van der Waals surface area contributed by atoms with Crippen molar-refractivity contribution in [2.24, 2.45) is 11.8 Å². The number of carbonyl (C=O) groups is 1. The quantitative estimate of drug-likeness (QED) is 0.865. The lowest BCUT2D eigenvalue weighted by Gasteiger charge is -2.26. The number of sulfonamides is 1. The molecular weight excluding hydrogens is 328 g/mol. The molecule has 0 amide bonds. The summed E-state index contributed by atoms with van der Waals surface area (Å²) in [7, 11) is -3.64. The minimum atomic E-state index is -3.64. The molecule has 128 valence electrons. The minimum Gasteiger partial charge on any atom is -0.481 e. The van der Waals surface area contributed by atoms with Crippen LogP contribution < -0.4 is 4.72 Å². The normalized spacial score (nSPS) is 21.7. The zero-order valence-electron chi connectivity index (χ0n) is 13.2. The third kappa shape index (κ3) is 3.57. The molecule has 1 saturated carbocycles. The van der Waals surface area contributed by atoms with Gasteiger partial charge in [-0.3, -0.25) is 9.78 Å². The van der Waals surface area contributed by atoms with Gasteiger partial charge in [-0.25, -0.2) is 13.1 Å². The molecule has 2 N–H and O–H groups in total. The maximum atomic E-state index is 12.6. The Labute approximate surface area is 141 Å². The van der Waals surface area contributed by atoms with Gasteiger partial charge in [-0.15, -0.1) is 0 Å². The smallest absolute Gasteiger partial charge is 0.306 e. The Morgan fingerprint density at radius 3 is 2.58 bits per heavy atom. The van der Waals surface area contributed by atoms with E-state index in [-0.39, 0.29) is 16.7 Å². The van der Waals surface area contributed by atoms with Crippen LogP contribution in [0.1, 0.15) is 25.7 Å². The predicted octanol–water partition coefficient (Wildman–Crippen LogP) is 2.40. The van der Waals surface area contributed by atoms with E-state index in [4.69, 9.17) is 5.11 Å². The van der Waals surface area contributed by atoms with Crippen LogP contribution in [0, 0.1) is 11.8 Å². The van der Waals surface area contributed by atoms with Crippen LogP contribution in [0.5, 0.6) is 0 Å². The molecule has 1 aliphatic carbocycles. The molecule has 1 aromatic carbocycles. The fraction of sp³-hybridized carbons (Fsp3) is 0.412. The summed E-state index contributed by atoms with van der Waals surface area (Å²) in [5, 5.41) is 9.79. The van der Waals surface area contributed by atoms with Crippen LogP contribution in [0.15, 0.2) is 41.4 Å². The SMILES string of the molecule is O=C(O)C1CCC(CNS(=O)(=O)c2cccc3cccnc23)CC1. The van der Waals surface area contributed by atoms with Crippen LogP contribution in [-0.2, 0) is 14.8 Å². The van der Waals surface area contributed by atoms with Gasteiger partial charge in [0.15, 0.2) is 0 Å². The van der Waals surface area contributed by atoms with Gasteiger partial charge in [-0.2, -0.15) is 0 Å². The Hall–Kier alpha value is -1.99. The van der Waals surface area contributed by atoms with Gasteiger partial charge in [0.05, 0.1) is 11.4 Å². The van der Waals surface area contributed by atoms with E-state index in [9.17, 15) is 13.2 Å². The fourth-order valence-electron chi connectivity index (χ4n) is 3.21. The highest BCUT2D eigenvalue weighted by Crippen LogP contribution is 2.29. The summed E-state index contributed by atoms with van der Waals surface area (Å²) in [6.07, 6.45) is 4.25. The van der Waals surface area contributed by atoms with Gasteiger partial charge >= 0.3 is 5.97 Å². The van der Waals surface area contributed by atoms with E-state index in [0.29, 0.717) is 24.9 Å². The summed E-state index contributed by atoms with van der Waals surface area (Å²) in [5.41, 5.74) is 0.460. The number of hydrogen-bond donors (Lipinski definition) is 2. The zero-order valence-corrected chi connectivity index (χ0v) is 14.0. The molecule has 24 heavy (non-hydrogen) atoms. The number of carboxylic acids is 1. The molecule has 0 saturated heterocycles. The van der Waals surface area contributed by atoms with Gasteiger partial charge in [-0.1, -0.05) is 18.2 Å². The summed E-state index contributed by atoms with van der Waals surface area (Å²) >= 11 is 0. The number of para-hydroxylation sites is 1. The predicted molar refractivity (Wildman–Crippen MR) is 90.0 cm³/mol. The van der Waals surface area contributed by atoms with Crippen LogP contribution in [-0.4, -0.2) is 31.0 Å². The van der Waals surface area contributed by atoms with Crippen molar-refractivity contribution in [3.05, 3.63) is 36.5 Å². The van der Waals surface area contributed by atoms with E-state index in [1.54, 1.807) is 24.4 Å². The van der Waals surface area contributed by atoms with Gasteiger partial charge in [-0.05, 0) is 43.7 Å². The molecule has 1 fully saturated rings. The van der Waals surface area contributed by atoms with E-state index < -0.39 is 16.0 Å². The summed E-state index contributed by atoms with van der Waals surface area (Å²) in [6.45, 7) is 0.331. The number of hydrogen-bond acceptors (Lipinski definition) is 4. The van der Waals surface area contributed by atoms with Gasteiger partial charge < -0.3 is 5.11 Å². The minimum absolute atomic E-state index is 0.179. The molecule has 2 aromatic rings. The Morgan fingerprint density at radius 2 is 1.88 bits per heavy atom. The first kappa shape index (κ1) is 16.9. The van der Waals surface area contributed by atoms with Gasteiger partial charge in [0.2, 0.25) is 10.0 Å². The molecule has 1 aliphatic rings. The summed E-state index contributed by atoms with van der Waals surface area (Å²) in [5.74, 6) is -0.866. The summed E-state index contributed by atoms with van der Waals surface area (Å²) in [6, 6.07) is 8.69. The van der Waals surface area contributed by atoms with Gasteiger partial charge in [0.1, 0.15) is 4.90 Å². The molecule has 0 unspecified atom stereocenters. The molecule has 7 heteroatoms. The van der Waals surface area contributed by atoms with Crippen molar-refractivity contribution in [1.82, 2.24) is 9.71 Å². The molecule has 0 spiro atoms. The molecule has 0 aliphatic heterocycles. The van der Waals surface area contributed by atoms with Crippen LogP contribution in [0.3, 0.4) is 0 Å². The largest absolute Gasteiger partial charge is 0.481 e. The summed E-state index contributed by atoms with van der Waals surface area (Å²) < 4.78 is 27.9. The molecule has 1 aromatic heterocycles. The highest BCUT2D eigenvalue weighted by Gasteiger charge is 2.27. The number of nitrogens with zero attached hydrogens (tertiary/aromatic N) is 1. The van der Waals surface area contributed by atoms with E-state index in [2.05, 4.69) is 9.71 Å². The van der Waals surface area contributed by atoms with Crippen molar-refractivity contribution in [3.8, 4) is 0 Å². The zero-order chi connectivity index (χ0) is 17.2. The number of pyridine rings is 1. The maximum Gasteiger partial charge on any atom is 0.306 e. The number of fused-ring (bicyclic) bond motifs is 1. The molecular formula is C17H20N2O4S. The third-order valence-corrected chi connectivity index (χ3v) is 6.10. The van der Waals surface area contributed by atoms with E-state index in [1.807, 2.05) is 12.1 Å². The van der Waals surface area contributed by atoms with Crippen molar-refractivity contribution < 1.29 is 18.3 Å². The van der Waals surface area contributed by atoms with Crippen LogP contribution in [0.4, 0.5) is 0 Å². The van der Waals surface area contributed by atoms with Crippen molar-refractivity contribution in [1.29, 1.82) is 0 Å². The lowest BCUT2D eigenvalue weighted by Crippen LogP contribution is -2.32. The number of aromatic nitrogens is 1. The second-order valence-electron chi connectivity index (χ2n) is 6.24. The second kappa shape index (κ2) is 6.86. The Balaban J connectivity index is 1.69. The monoisotopic (exact) mass is 348 g/mol. The highest BCUT2D eigenvalue weighted by molar-refractivity contribution is 7.89. The first-order valence-electron chi connectivity index (χ1n) is 8.03. The lowest BCUT2D eigenvalue weighted by molar-refractivity contribution is -0.143. The molecule has 0 atom stereocenters. The second-order valence-corrected chi connectivity index (χ2v) is 7.97. The van der Waals surface area contributed by atoms with Crippen molar-refractivity contribution in [2.75, 3.05) is 6.54 Å². The fourth-order valence-corrected chi connectivity index (χ4v) is 4.51. The van der Waals surface area contributed by atoms with E-state index >= 15 is 0 Å². The van der Waals surface area contributed by atoms with Gasteiger partial charge in [0, 0.05) is 18.1 Å². The highest BCUT2D eigenvalue weighted by atomic mass is 32.2. The van der Waals surface area contributed by atoms with Gasteiger partial charge in [0.25, 0.3) is 0 Å². The number of nitrogens with one attached hydrogen (secondary N) is 1. The first-order chi connectivity index (χ1) is 11.5. The summed E-state index contributed by atoms with van der Waals surface area (Å²) in [4.78, 5) is 15.3. The maximum absolute atomic E-state index is 12.6. The lowest BCUT2D eigenvalue weighted by atomic mass is 9.82. The number of aliphatic carboxylic acids is 1. The first-order valence-corrected chi connectivity index (χ1v) is 9.52. The van der Waals surface area contributed by atoms with Crippen LogP contribution >= 0.6 is 0 Å². The van der Waals surface area contributed by atoms with Crippen molar-refractivity contribution >= 4 is 26.9 Å². The van der Waals surface area contributed by atoms with Crippen LogP contribution in [0.2, 0.25) is 0 Å². The third-order valence-electron chi connectivity index (χ3n) is 4.64. The van der Waals surface area contributed by atoms with E-state index in [0.717, 1.165) is 18.2 Å². The van der Waals surface area contributed by atoms with Crippen LogP contribution in [0.25, 0.3) is 10.9 Å². The Kier molecular flexibility index (Phi) is 4.82.